The number of fused-ring (bicyclic) bond motifs is 1. The maximum Gasteiger partial charge on any atom is -0.147 e. The third kappa shape index (κ3) is 5.44. The van der Waals surface area contributed by atoms with Crippen LogP contribution in [0.3, 0.4) is 0 Å². The molecule has 1 atom stereocenters. The van der Waals surface area contributed by atoms with Crippen LogP contribution in [0.15, 0.2) is 84.4 Å². The number of rotatable bonds is 4. The van der Waals surface area contributed by atoms with Crippen LogP contribution in [0.1, 0.15) is 68.1 Å². The quantitative estimate of drug-likeness (QED) is 0.159. The molecule has 0 nitrogen and oxygen atoms in total. The fourth-order valence-corrected chi connectivity index (χ4v) is 7.88. The monoisotopic (exact) mass is 611 g/mol. The minimum absolute atomic E-state index is 0. The SMILES string of the molecule is CC1=Cc2ccccc2[C]1([Ti])C(c1cc(C)cc(C)c1)(c1cc(C)cc(C)c1)c1cc(C)cc(C)c1.Cl.Cl.Cl. The topological polar surface area (TPSA) is 0 Å². The number of hydrogen-bond acceptors (Lipinski definition) is 0. The van der Waals surface area contributed by atoms with Crippen LogP contribution in [0.25, 0.3) is 6.08 Å². The maximum absolute atomic E-state index is 2.48. The van der Waals surface area contributed by atoms with Crippen molar-refractivity contribution in [2.75, 3.05) is 0 Å². The molecule has 0 spiro atoms. The summed E-state index contributed by atoms with van der Waals surface area (Å²) in [6, 6.07) is 30.5. The average molecular weight is 613 g/mol. The molecule has 0 aliphatic heterocycles. The number of benzene rings is 4. The van der Waals surface area contributed by atoms with Crippen molar-refractivity contribution in [2.24, 2.45) is 0 Å². The van der Waals surface area contributed by atoms with Crippen LogP contribution in [-0.4, -0.2) is 0 Å². The molecular formula is C35H38Cl3Ti. The molecule has 4 aromatic rings. The van der Waals surface area contributed by atoms with Gasteiger partial charge in [-0.2, -0.15) is 0 Å². The van der Waals surface area contributed by atoms with Crippen molar-refractivity contribution in [3.63, 3.8) is 0 Å². The first-order valence-corrected chi connectivity index (χ1v) is 13.6. The molecular weight excluding hydrogens is 575 g/mol. The van der Waals surface area contributed by atoms with Crippen molar-refractivity contribution >= 4 is 43.3 Å². The van der Waals surface area contributed by atoms with E-state index in [1.54, 1.807) is 0 Å². The van der Waals surface area contributed by atoms with E-state index in [1.807, 2.05) is 0 Å². The van der Waals surface area contributed by atoms with E-state index in [4.69, 9.17) is 0 Å². The van der Waals surface area contributed by atoms with Crippen molar-refractivity contribution in [3.05, 3.63) is 146 Å². The Bertz CT molecular complexity index is 1350. The minimum atomic E-state index is -0.412. The number of halogens is 3. The molecule has 0 bridgehead atoms. The fourth-order valence-electron chi connectivity index (χ4n) is 6.74. The molecule has 0 N–H and O–H groups in total. The van der Waals surface area contributed by atoms with Gasteiger partial charge in [0, 0.05) is 0 Å². The van der Waals surface area contributed by atoms with Gasteiger partial charge in [-0.1, -0.05) is 0 Å². The molecule has 1 aliphatic rings. The molecule has 0 saturated heterocycles. The zero-order valence-corrected chi connectivity index (χ0v) is 27.8. The molecule has 0 aromatic heterocycles. The molecule has 5 rings (SSSR count). The van der Waals surface area contributed by atoms with Crippen LogP contribution in [0.4, 0.5) is 0 Å². The second-order valence-corrected chi connectivity index (χ2v) is 12.2. The summed E-state index contributed by atoms with van der Waals surface area (Å²) in [5.74, 6) is 0. The van der Waals surface area contributed by atoms with Gasteiger partial charge in [-0.15, -0.1) is 37.2 Å². The molecule has 203 valence electrons. The van der Waals surface area contributed by atoms with Crippen LogP contribution in [-0.2, 0) is 29.6 Å². The van der Waals surface area contributed by atoms with E-state index in [0.29, 0.717) is 0 Å². The van der Waals surface area contributed by atoms with Gasteiger partial charge in [-0.05, 0) is 0 Å². The van der Waals surface area contributed by atoms with Crippen molar-refractivity contribution < 1.29 is 20.4 Å². The van der Waals surface area contributed by atoms with Crippen molar-refractivity contribution in [1.82, 2.24) is 0 Å². The summed E-state index contributed by atoms with van der Waals surface area (Å²) >= 11 is 2.48. The smallest absolute Gasteiger partial charge is 0.147 e. The van der Waals surface area contributed by atoms with E-state index in [9.17, 15) is 0 Å². The number of aryl methyl sites for hydroxylation is 6. The number of hydrogen-bond donors (Lipinski definition) is 0. The Hall–Kier alpha value is -1.80. The Morgan fingerprint density at radius 3 is 1.21 bits per heavy atom. The van der Waals surface area contributed by atoms with Gasteiger partial charge in [-0.3, -0.25) is 0 Å². The second kappa shape index (κ2) is 12.4. The van der Waals surface area contributed by atoms with E-state index in [1.165, 1.54) is 66.8 Å². The largest absolute Gasteiger partial charge is 0.147 e. The molecule has 0 fully saturated rings. The van der Waals surface area contributed by atoms with Gasteiger partial charge in [0.25, 0.3) is 0 Å². The van der Waals surface area contributed by atoms with E-state index >= 15 is 0 Å². The van der Waals surface area contributed by atoms with Crippen LogP contribution in [0, 0.1) is 41.5 Å². The Kier molecular flexibility index (Phi) is 10.6. The average Bonchev–Trinajstić information content (AvgIpc) is 3.03. The molecule has 4 aromatic carbocycles. The zero-order chi connectivity index (χ0) is 25.8. The molecule has 39 heavy (non-hydrogen) atoms. The van der Waals surface area contributed by atoms with E-state index in [2.05, 4.69) is 154 Å². The van der Waals surface area contributed by atoms with Gasteiger partial charge in [-0.25, -0.2) is 0 Å². The molecule has 0 heterocycles. The van der Waals surface area contributed by atoms with Crippen LogP contribution >= 0.6 is 37.2 Å². The first-order valence-electron chi connectivity index (χ1n) is 12.9. The maximum atomic E-state index is 2.48. The molecule has 0 amide bonds. The summed E-state index contributed by atoms with van der Waals surface area (Å²) in [5.41, 5.74) is 15.6. The molecule has 1 aliphatic carbocycles. The summed E-state index contributed by atoms with van der Waals surface area (Å²) < 4.78 is -0.274. The van der Waals surface area contributed by atoms with Crippen LogP contribution in [0.5, 0.6) is 0 Å². The minimum Gasteiger partial charge on any atom is -0.147 e. The molecule has 1 unspecified atom stereocenters. The Balaban J connectivity index is 0.00000178. The van der Waals surface area contributed by atoms with E-state index < -0.39 is 5.41 Å². The van der Waals surface area contributed by atoms with E-state index in [0.717, 1.165) is 0 Å². The third-order valence-corrected chi connectivity index (χ3v) is 9.48. The van der Waals surface area contributed by atoms with Crippen molar-refractivity contribution in [2.45, 2.75) is 57.6 Å². The Morgan fingerprint density at radius 1 is 0.513 bits per heavy atom. The molecule has 0 radical (unpaired) electrons. The zero-order valence-electron chi connectivity index (χ0n) is 23.8. The predicted octanol–water partition coefficient (Wildman–Crippen LogP) is 10.00. The summed E-state index contributed by atoms with van der Waals surface area (Å²) in [5, 5.41) is 0. The number of allylic oxidation sites excluding steroid dienone is 1. The van der Waals surface area contributed by atoms with Gasteiger partial charge >= 0.3 is 230 Å². The summed E-state index contributed by atoms with van der Waals surface area (Å²) in [6.07, 6.45) is 2.41. The second-order valence-electron chi connectivity index (χ2n) is 11.0. The first-order chi connectivity index (χ1) is 17.0. The molecule has 4 heteroatoms. The Morgan fingerprint density at radius 2 is 0.846 bits per heavy atom. The van der Waals surface area contributed by atoms with Gasteiger partial charge in [0.2, 0.25) is 0 Å². The predicted molar refractivity (Wildman–Crippen MR) is 171 cm³/mol. The fraction of sp³-hybridized carbons (Fsp3) is 0.257. The summed E-state index contributed by atoms with van der Waals surface area (Å²) in [4.78, 5) is 0. The third-order valence-electron chi connectivity index (χ3n) is 7.85. The van der Waals surface area contributed by atoms with Gasteiger partial charge in [0.05, 0.1) is 0 Å². The Labute approximate surface area is 265 Å². The van der Waals surface area contributed by atoms with E-state index in [-0.39, 0.29) is 40.9 Å². The van der Waals surface area contributed by atoms with Gasteiger partial charge in [0.15, 0.2) is 0 Å². The first kappa shape index (κ1) is 33.4. The summed E-state index contributed by atoms with van der Waals surface area (Å²) in [6.45, 7) is 15.7. The molecule has 0 saturated carbocycles. The van der Waals surface area contributed by atoms with Crippen molar-refractivity contribution in [3.8, 4) is 0 Å². The van der Waals surface area contributed by atoms with Crippen LogP contribution < -0.4 is 0 Å². The normalized spacial score (nSPS) is 15.8. The summed E-state index contributed by atoms with van der Waals surface area (Å²) in [7, 11) is 0. The van der Waals surface area contributed by atoms with Crippen LogP contribution in [0.2, 0.25) is 0 Å². The van der Waals surface area contributed by atoms with Gasteiger partial charge in [0.1, 0.15) is 0 Å². The van der Waals surface area contributed by atoms with Crippen molar-refractivity contribution in [1.29, 1.82) is 0 Å². The standard InChI is InChI=1S/C35H35.3ClH.Ti/c1-22-12-23(2)16-30(15-22)35(31-17-24(3)13-25(4)18-31,32-19-26(5)14-27(6)20-32)34-28(7)21-29-10-8-9-11-33(29)34;;;;/h8-21H,1-7H3;3*1H;. The van der Waals surface area contributed by atoms with Gasteiger partial charge < -0.3 is 0 Å².